The van der Waals surface area contributed by atoms with E-state index in [-0.39, 0.29) is 5.91 Å². The van der Waals surface area contributed by atoms with E-state index in [9.17, 15) is 4.79 Å². The Morgan fingerprint density at radius 1 is 1.12 bits per heavy atom. The van der Waals surface area contributed by atoms with Crippen molar-refractivity contribution in [3.05, 3.63) is 59.7 Å². The lowest BCUT2D eigenvalue weighted by atomic mass is 10.1. The van der Waals surface area contributed by atoms with Crippen molar-refractivity contribution in [2.75, 3.05) is 13.7 Å². The third-order valence-corrected chi connectivity index (χ3v) is 3.87. The van der Waals surface area contributed by atoms with E-state index >= 15 is 0 Å². The molecule has 1 atom stereocenters. The van der Waals surface area contributed by atoms with Crippen LogP contribution in [0.5, 0.6) is 11.5 Å². The maximum atomic E-state index is 12.1. The van der Waals surface area contributed by atoms with Crippen molar-refractivity contribution in [2.24, 2.45) is 0 Å². The molecule has 4 nitrogen and oxygen atoms in total. The molecule has 0 aliphatic rings. The number of methoxy groups -OCH3 is 1. The monoisotopic (exact) mass is 327 g/mol. The van der Waals surface area contributed by atoms with Gasteiger partial charge in [-0.15, -0.1) is 0 Å². The summed E-state index contributed by atoms with van der Waals surface area (Å²) in [6.07, 6.45) is 1.29. The minimum atomic E-state index is -0.507. The van der Waals surface area contributed by atoms with Crippen LogP contribution in [0, 0.1) is 6.92 Å². The molecule has 128 valence electrons. The zero-order valence-corrected chi connectivity index (χ0v) is 14.5. The summed E-state index contributed by atoms with van der Waals surface area (Å²) < 4.78 is 10.9. The van der Waals surface area contributed by atoms with E-state index in [1.807, 2.05) is 55.5 Å². The number of hydrogen-bond acceptors (Lipinski definition) is 3. The van der Waals surface area contributed by atoms with Gasteiger partial charge in [-0.05, 0) is 56.0 Å². The standard InChI is InChI=1S/C20H25NO3/c1-15-7-4-5-9-19(15)24-16(2)20(22)21-14-6-8-17-10-12-18(23-3)13-11-17/h4-5,7,9-13,16H,6,8,14H2,1-3H3,(H,21,22)/t16-/m0/s1. The second kappa shape index (κ2) is 8.96. The number of rotatable bonds is 8. The largest absolute Gasteiger partial charge is 0.497 e. The zero-order valence-electron chi connectivity index (χ0n) is 14.5. The van der Waals surface area contributed by atoms with Gasteiger partial charge in [0.2, 0.25) is 0 Å². The second-order valence-corrected chi connectivity index (χ2v) is 5.77. The summed E-state index contributed by atoms with van der Waals surface area (Å²) in [5.74, 6) is 1.51. The van der Waals surface area contributed by atoms with Gasteiger partial charge in [0, 0.05) is 6.54 Å². The summed E-state index contributed by atoms with van der Waals surface area (Å²) in [4.78, 5) is 12.1. The van der Waals surface area contributed by atoms with Gasteiger partial charge in [0.15, 0.2) is 6.10 Å². The molecule has 0 aliphatic carbocycles. The Labute approximate surface area is 143 Å². The molecule has 0 spiro atoms. The van der Waals surface area contributed by atoms with E-state index in [0.717, 1.165) is 29.9 Å². The van der Waals surface area contributed by atoms with Gasteiger partial charge in [0.1, 0.15) is 11.5 Å². The van der Waals surface area contributed by atoms with Crippen molar-refractivity contribution in [1.29, 1.82) is 0 Å². The van der Waals surface area contributed by atoms with E-state index in [0.29, 0.717) is 6.54 Å². The first-order chi connectivity index (χ1) is 11.6. The molecule has 24 heavy (non-hydrogen) atoms. The molecule has 0 bridgehead atoms. The predicted octanol–water partition coefficient (Wildman–Crippen LogP) is 3.52. The number of nitrogens with one attached hydrogen (secondary N) is 1. The molecule has 0 saturated carbocycles. The fourth-order valence-corrected chi connectivity index (χ4v) is 2.37. The van der Waals surface area contributed by atoms with Crippen molar-refractivity contribution in [1.82, 2.24) is 5.32 Å². The molecule has 0 fully saturated rings. The van der Waals surface area contributed by atoms with Gasteiger partial charge < -0.3 is 14.8 Å². The predicted molar refractivity (Wildman–Crippen MR) is 95.6 cm³/mol. The molecule has 0 radical (unpaired) electrons. The van der Waals surface area contributed by atoms with Crippen molar-refractivity contribution in [2.45, 2.75) is 32.8 Å². The highest BCUT2D eigenvalue weighted by Gasteiger charge is 2.14. The maximum absolute atomic E-state index is 12.1. The number of para-hydroxylation sites is 1. The average molecular weight is 327 g/mol. The van der Waals surface area contributed by atoms with Crippen LogP contribution in [0.4, 0.5) is 0 Å². The van der Waals surface area contributed by atoms with Crippen LogP contribution in [0.2, 0.25) is 0 Å². The Morgan fingerprint density at radius 3 is 2.50 bits per heavy atom. The van der Waals surface area contributed by atoms with E-state index in [1.165, 1.54) is 5.56 Å². The first-order valence-electron chi connectivity index (χ1n) is 8.23. The van der Waals surface area contributed by atoms with Crippen LogP contribution in [0.15, 0.2) is 48.5 Å². The first kappa shape index (κ1) is 17.9. The lowest BCUT2D eigenvalue weighted by Crippen LogP contribution is -2.37. The van der Waals surface area contributed by atoms with Crippen molar-refractivity contribution in [3.8, 4) is 11.5 Å². The molecule has 0 heterocycles. The van der Waals surface area contributed by atoms with Crippen LogP contribution in [0.25, 0.3) is 0 Å². The molecule has 2 aromatic carbocycles. The Kier molecular flexibility index (Phi) is 6.67. The first-order valence-corrected chi connectivity index (χ1v) is 8.23. The summed E-state index contributed by atoms with van der Waals surface area (Å²) in [6, 6.07) is 15.7. The van der Waals surface area contributed by atoms with E-state index in [2.05, 4.69) is 5.32 Å². The Bertz CT molecular complexity index is 652. The molecular formula is C20H25NO3. The lowest BCUT2D eigenvalue weighted by Gasteiger charge is -2.16. The molecular weight excluding hydrogens is 302 g/mol. The van der Waals surface area contributed by atoms with Crippen LogP contribution in [-0.2, 0) is 11.2 Å². The number of benzene rings is 2. The highest BCUT2D eigenvalue weighted by molar-refractivity contribution is 5.80. The second-order valence-electron chi connectivity index (χ2n) is 5.77. The molecule has 1 amide bonds. The quantitative estimate of drug-likeness (QED) is 0.755. The Balaban J connectivity index is 1.71. The van der Waals surface area contributed by atoms with Crippen molar-refractivity contribution >= 4 is 5.91 Å². The van der Waals surface area contributed by atoms with Gasteiger partial charge in [-0.25, -0.2) is 0 Å². The van der Waals surface area contributed by atoms with Gasteiger partial charge in [-0.2, -0.15) is 0 Å². The third-order valence-electron chi connectivity index (χ3n) is 3.87. The molecule has 0 aliphatic heterocycles. The number of amides is 1. The summed E-state index contributed by atoms with van der Waals surface area (Å²) in [7, 11) is 1.66. The molecule has 0 aromatic heterocycles. The van der Waals surface area contributed by atoms with Gasteiger partial charge in [-0.1, -0.05) is 30.3 Å². The summed E-state index contributed by atoms with van der Waals surface area (Å²) in [5, 5.41) is 2.93. The minimum Gasteiger partial charge on any atom is -0.497 e. The third kappa shape index (κ3) is 5.30. The number of ether oxygens (including phenoxy) is 2. The topological polar surface area (TPSA) is 47.6 Å². The Morgan fingerprint density at radius 2 is 1.83 bits per heavy atom. The van der Waals surface area contributed by atoms with Crippen LogP contribution < -0.4 is 14.8 Å². The highest BCUT2D eigenvalue weighted by Crippen LogP contribution is 2.17. The van der Waals surface area contributed by atoms with Crippen LogP contribution in [-0.4, -0.2) is 25.7 Å². The fraction of sp³-hybridized carbons (Fsp3) is 0.350. The summed E-state index contributed by atoms with van der Waals surface area (Å²) in [6.45, 7) is 4.37. The SMILES string of the molecule is COc1ccc(CCCNC(=O)[C@H](C)Oc2ccccc2C)cc1. The number of hydrogen-bond donors (Lipinski definition) is 1. The van der Waals surface area contributed by atoms with Crippen molar-refractivity contribution < 1.29 is 14.3 Å². The van der Waals surface area contributed by atoms with E-state index in [4.69, 9.17) is 9.47 Å². The molecule has 2 rings (SSSR count). The van der Waals surface area contributed by atoms with Crippen LogP contribution in [0.1, 0.15) is 24.5 Å². The highest BCUT2D eigenvalue weighted by atomic mass is 16.5. The van der Waals surface area contributed by atoms with Crippen LogP contribution in [0.3, 0.4) is 0 Å². The lowest BCUT2D eigenvalue weighted by molar-refractivity contribution is -0.127. The maximum Gasteiger partial charge on any atom is 0.260 e. The average Bonchev–Trinajstić information content (AvgIpc) is 2.61. The van der Waals surface area contributed by atoms with Crippen LogP contribution >= 0.6 is 0 Å². The molecule has 1 N–H and O–H groups in total. The number of carbonyl (C=O) groups excluding carboxylic acids is 1. The number of aryl methyl sites for hydroxylation is 2. The van der Waals surface area contributed by atoms with Gasteiger partial charge >= 0.3 is 0 Å². The van der Waals surface area contributed by atoms with E-state index in [1.54, 1.807) is 14.0 Å². The zero-order chi connectivity index (χ0) is 17.4. The molecule has 2 aromatic rings. The summed E-state index contributed by atoms with van der Waals surface area (Å²) in [5.41, 5.74) is 2.26. The normalized spacial score (nSPS) is 11.6. The fourth-order valence-electron chi connectivity index (χ4n) is 2.37. The van der Waals surface area contributed by atoms with E-state index < -0.39 is 6.10 Å². The van der Waals surface area contributed by atoms with Gasteiger partial charge in [0.25, 0.3) is 5.91 Å². The molecule has 4 heteroatoms. The van der Waals surface area contributed by atoms with Gasteiger partial charge in [0.05, 0.1) is 7.11 Å². The van der Waals surface area contributed by atoms with Crippen molar-refractivity contribution in [3.63, 3.8) is 0 Å². The van der Waals surface area contributed by atoms with Gasteiger partial charge in [-0.3, -0.25) is 4.79 Å². The summed E-state index contributed by atoms with van der Waals surface area (Å²) >= 11 is 0. The molecule has 0 saturated heterocycles. The Hall–Kier alpha value is -2.49. The number of carbonyl (C=O) groups is 1. The minimum absolute atomic E-state index is 0.0898. The smallest absolute Gasteiger partial charge is 0.260 e. The molecule has 0 unspecified atom stereocenters.